The summed E-state index contributed by atoms with van der Waals surface area (Å²) in [4.78, 5) is 15.2. The molecule has 0 aliphatic carbocycles. The average Bonchev–Trinajstić information content (AvgIpc) is 3.14. The zero-order valence-corrected chi connectivity index (χ0v) is 14.9. The Balaban J connectivity index is 1.66. The van der Waals surface area contributed by atoms with Crippen LogP contribution in [0.15, 0.2) is 48.8 Å². The van der Waals surface area contributed by atoms with Gasteiger partial charge in [-0.3, -0.25) is 0 Å². The van der Waals surface area contributed by atoms with Crippen LogP contribution < -0.4 is 14.2 Å². The monoisotopic (exact) mass is 409 g/mol. The highest BCUT2D eigenvalue weighted by molar-refractivity contribution is 5.91. The highest BCUT2D eigenvalue weighted by atomic mass is 19.4. The number of alkyl halides is 3. The van der Waals surface area contributed by atoms with Gasteiger partial charge in [0.25, 0.3) is 0 Å². The number of rotatable bonds is 7. The zero-order chi connectivity index (χ0) is 21.0. The normalized spacial score (nSPS) is 11.2. The number of carboxylic acid groups (broad SMARTS) is 1. The third-order valence-corrected chi connectivity index (χ3v) is 3.65. The summed E-state index contributed by atoms with van der Waals surface area (Å²) in [6.07, 6.45) is -3.38. The van der Waals surface area contributed by atoms with Crippen LogP contribution in [-0.4, -0.2) is 39.3 Å². The van der Waals surface area contributed by atoms with Gasteiger partial charge in [-0.05, 0) is 36.4 Å². The molecule has 0 atom stereocenters. The molecule has 0 fully saturated rings. The largest absolute Gasteiger partial charge is 0.573 e. The number of carboxylic acids is 1. The van der Waals surface area contributed by atoms with Crippen molar-refractivity contribution in [2.45, 2.75) is 13.0 Å². The quantitative estimate of drug-likeness (QED) is 0.639. The fraction of sp³-hybridized carbons (Fsp3) is 0.167. The first-order valence-corrected chi connectivity index (χ1v) is 8.06. The summed E-state index contributed by atoms with van der Waals surface area (Å²) in [5.41, 5.74) is 0.478. The van der Waals surface area contributed by atoms with Crippen molar-refractivity contribution in [2.75, 3.05) is 7.11 Å². The number of hydrogen-bond acceptors (Lipinski definition) is 6. The Hall–Kier alpha value is -3.76. The Bertz CT molecular complexity index is 1000. The highest BCUT2D eigenvalue weighted by Crippen LogP contribution is 2.26. The topological polar surface area (TPSA) is 95.7 Å². The molecule has 11 heteroatoms. The standard InChI is InChI=1S/C18H14F3N3O5/c1-27-15-8-13(6-7-14(15)17(25)26)28-9-16-22-10-24(23-16)11-2-4-12(5-3-11)29-18(19,20)21/h2-8,10H,9H2,1H3,(H,25,26). The van der Waals surface area contributed by atoms with Crippen molar-refractivity contribution < 1.29 is 37.3 Å². The van der Waals surface area contributed by atoms with E-state index in [1.54, 1.807) is 0 Å². The summed E-state index contributed by atoms with van der Waals surface area (Å²) in [5.74, 6) is -0.655. The van der Waals surface area contributed by atoms with Gasteiger partial charge in [-0.2, -0.15) is 0 Å². The van der Waals surface area contributed by atoms with Gasteiger partial charge in [-0.1, -0.05) is 0 Å². The molecule has 8 nitrogen and oxygen atoms in total. The van der Waals surface area contributed by atoms with Crippen LogP contribution in [0, 0.1) is 0 Å². The van der Waals surface area contributed by atoms with Crippen molar-refractivity contribution in [2.24, 2.45) is 0 Å². The molecule has 1 N–H and O–H groups in total. The van der Waals surface area contributed by atoms with Crippen LogP contribution in [0.2, 0.25) is 0 Å². The third kappa shape index (κ3) is 5.15. The number of nitrogens with zero attached hydrogens (tertiary/aromatic N) is 3. The first-order chi connectivity index (χ1) is 13.7. The van der Waals surface area contributed by atoms with E-state index in [1.165, 1.54) is 48.5 Å². The van der Waals surface area contributed by atoms with Crippen LogP contribution >= 0.6 is 0 Å². The Kier molecular flexibility index (Phi) is 5.57. The van der Waals surface area contributed by atoms with Gasteiger partial charge in [0.05, 0.1) is 12.8 Å². The predicted octanol–water partition coefficient (Wildman–Crippen LogP) is 3.45. The number of carbonyl (C=O) groups is 1. The summed E-state index contributed by atoms with van der Waals surface area (Å²) < 4.78 is 52.3. The lowest BCUT2D eigenvalue weighted by Crippen LogP contribution is -2.17. The first-order valence-electron chi connectivity index (χ1n) is 8.06. The third-order valence-electron chi connectivity index (χ3n) is 3.65. The molecule has 0 unspecified atom stereocenters. The lowest BCUT2D eigenvalue weighted by Gasteiger charge is -2.09. The summed E-state index contributed by atoms with van der Waals surface area (Å²) in [5, 5.41) is 13.3. The van der Waals surface area contributed by atoms with E-state index in [9.17, 15) is 18.0 Å². The maximum Gasteiger partial charge on any atom is 0.573 e. The average molecular weight is 409 g/mol. The van der Waals surface area contributed by atoms with E-state index in [1.807, 2.05) is 0 Å². The molecule has 152 valence electrons. The smallest absolute Gasteiger partial charge is 0.496 e. The number of aromatic nitrogens is 3. The summed E-state index contributed by atoms with van der Waals surface area (Å²) in [7, 11) is 1.35. The van der Waals surface area contributed by atoms with Crippen molar-refractivity contribution in [3.63, 3.8) is 0 Å². The minimum atomic E-state index is -4.76. The Labute approximate surface area is 162 Å². The molecule has 1 aromatic heterocycles. The molecule has 0 saturated heterocycles. The van der Waals surface area contributed by atoms with Crippen molar-refractivity contribution >= 4 is 5.97 Å². The van der Waals surface area contributed by atoms with Gasteiger partial charge in [0.2, 0.25) is 0 Å². The zero-order valence-electron chi connectivity index (χ0n) is 14.9. The van der Waals surface area contributed by atoms with Crippen molar-refractivity contribution in [1.82, 2.24) is 14.8 Å². The predicted molar refractivity (Wildman–Crippen MR) is 92.3 cm³/mol. The molecular formula is C18H14F3N3O5. The number of halogens is 3. The molecule has 0 amide bonds. The molecule has 0 aliphatic rings. The van der Waals surface area contributed by atoms with Crippen LogP contribution in [0.25, 0.3) is 5.69 Å². The minimum Gasteiger partial charge on any atom is -0.496 e. The fourth-order valence-corrected chi connectivity index (χ4v) is 2.37. The van der Waals surface area contributed by atoms with Crippen molar-refractivity contribution in [3.05, 3.63) is 60.2 Å². The molecule has 3 rings (SSSR count). The number of ether oxygens (including phenoxy) is 3. The SMILES string of the molecule is COc1cc(OCc2ncn(-c3ccc(OC(F)(F)F)cc3)n2)ccc1C(=O)O. The van der Waals surface area contributed by atoms with Crippen molar-refractivity contribution in [3.8, 4) is 22.9 Å². The highest BCUT2D eigenvalue weighted by Gasteiger charge is 2.31. The van der Waals surface area contributed by atoms with Crippen molar-refractivity contribution in [1.29, 1.82) is 0 Å². The second kappa shape index (κ2) is 8.09. The molecule has 3 aromatic rings. The summed E-state index contributed by atoms with van der Waals surface area (Å²) in [6.45, 7) is -0.0160. The van der Waals surface area contributed by atoms with Gasteiger partial charge >= 0.3 is 12.3 Å². The van der Waals surface area contributed by atoms with E-state index >= 15 is 0 Å². The number of hydrogen-bond donors (Lipinski definition) is 1. The molecular weight excluding hydrogens is 395 g/mol. The molecule has 0 aliphatic heterocycles. The van der Waals surface area contributed by atoms with Crippen LogP contribution in [0.1, 0.15) is 16.2 Å². The number of methoxy groups -OCH3 is 1. The minimum absolute atomic E-state index is 0.000187. The summed E-state index contributed by atoms with van der Waals surface area (Å²) in [6, 6.07) is 9.38. The van der Waals surface area contributed by atoms with Crippen LogP contribution in [0.4, 0.5) is 13.2 Å². The van der Waals surface area contributed by atoms with E-state index in [4.69, 9.17) is 14.6 Å². The van der Waals surface area contributed by atoms with E-state index in [0.717, 1.165) is 12.1 Å². The molecule has 0 spiro atoms. The lowest BCUT2D eigenvalue weighted by molar-refractivity contribution is -0.274. The van der Waals surface area contributed by atoms with Gasteiger partial charge < -0.3 is 19.3 Å². The van der Waals surface area contributed by atoms with E-state index in [2.05, 4.69) is 14.8 Å². The van der Waals surface area contributed by atoms with E-state index in [0.29, 0.717) is 17.3 Å². The molecule has 0 saturated carbocycles. The summed E-state index contributed by atoms with van der Waals surface area (Å²) >= 11 is 0. The Morgan fingerprint density at radius 1 is 1.14 bits per heavy atom. The van der Waals surface area contributed by atoms with Gasteiger partial charge in [-0.15, -0.1) is 18.3 Å². The van der Waals surface area contributed by atoms with E-state index in [-0.39, 0.29) is 23.7 Å². The number of benzene rings is 2. The van der Waals surface area contributed by atoms with Gasteiger partial charge in [0.1, 0.15) is 35.7 Å². The Morgan fingerprint density at radius 2 is 1.83 bits per heavy atom. The Morgan fingerprint density at radius 3 is 2.45 bits per heavy atom. The van der Waals surface area contributed by atoms with Gasteiger partial charge in [0, 0.05) is 6.07 Å². The van der Waals surface area contributed by atoms with Gasteiger partial charge in [-0.25, -0.2) is 14.5 Å². The number of aromatic carboxylic acids is 1. The molecule has 0 bridgehead atoms. The maximum atomic E-state index is 12.2. The maximum absolute atomic E-state index is 12.2. The second-order valence-electron chi connectivity index (χ2n) is 5.60. The van der Waals surface area contributed by atoms with Crippen LogP contribution in [0.3, 0.4) is 0 Å². The molecule has 2 aromatic carbocycles. The first kappa shape index (κ1) is 20.0. The van der Waals surface area contributed by atoms with Gasteiger partial charge in [0.15, 0.2) is 5.82 Å². The second-order valence-corrected chi connectivity index (χ2v) is 5.60. The molecule has 1 heterocycles. The van der Waals surface area contributed by atoms with Crippen LogP contribution in [-0.2, 0) is 6.61 Å². The fourth-order valence-electron chi connectivity index (χ4n) is 2.37. The molecule has 29 heavy (non-hydrogen) atoms. The lowest BCUT2D eigenvalue weighted by atomic mass is 10.2. The van der Waals surface area contributed by atoms with Crippen LogP contribution in [0.5, 0.6) is 17.2 Å². The van der Waals surface area contributed by atoms with E-state index < -0.39 is 12.3 Å². The molecule has 0 radical (unpaired) electrons.